The quantitative estimate of drug-likeness (QED) is 0.127. The lowest BCUT2D eigenvalue weighted by Crippen LogP contribution is -2.17. The van der Waals surface area contributed by atoms with Crippen LogP contribution in [0.25, 0.3) is 0 Å². The molecule has 0 aliphatic heterocycles. The standard InChI is InChI=1S/C16H36P.C12H14O9S/c1-5-9-13-17(14-10-6-2,15-11-7-3)16-12-8-4;13-3-5-20-11(15)9-2-1-8(22(17,18)19)7-10(9)12(16)21-6-4-14/h5-16H2,1-4H3;1-2,7,13-14H,3-6H2,(H,17,18,19)/q+1;/p-1. The number of benzene rings is 1. The molecule has 0 amide bonds. The molecular weight excluding hydrogens is 543 g/mol. The molecule has 0 radical (unpaired) electrons. The summed E-state index contributed by atoms with van der Waals surface area (Å²) in [5, 5.41) is 17.2. The van der Waals surface area contributed by atoms with Crippen molar-refractivity contribution < 1.29 is 42.2 Å². The highest BCUT2D eigenvalue weighted by atomic mass is 32.2. The average molecular weight is 593 g/mol. The topological polar surface area (TPSA) is 150 Å². The number of aliphatic hydroxyl groups excluding tert-OH is 2. The van der Waals surface area contributed by atoms with Crippen molar-refractivity contribution >= 4 is 29.3 Å². The van der Waals surface area contributed by atoms with E-state index in [1.165, 1.54) is 51.4 Å². The molecule has 226 valence electrons. The van der Waals surface area contributed by atoms with Crippen LogP contribution in [0.3, 0.4) is 0 Å². The number of hydrogen-bond donors (Lipinski definition) is 2. The molecule has 2 N–H and O–H groups in total. The first-order chi connectivity index (χ1) is 18.5. The summed E-state index contributed by atoms with van der Waals surface area (Å²) in [6.45, 7) is 7.80. The number of hydrogen-bond acceptors (Lipinski definition) is 9. The normalized spacial score (nSPS) is 11.5. The predicted molar refractivity (Wildman–Crippen MR) is 155 cm³/mol. The first-order valence-electron chi connectivity index (χ1n) is 14.1. The molecule has 9 nitrogen and oxygen atoms in total. The van der Waals surface area contributed by atoms with Gasteiger partial charge < -0.3 is 24.2 Å². The lowest BCUT2D eigenvalue weighted by Gasteiger charge is -2.28. The Labute approximate surface area is 235 Å². The smallest absolute Gasteiger partial charge is 0.339 e. The van der Waals surface area contributed by atoms with E-state index in [-0.39, 0.29) is 18.8 Å². The first-order valence-corrected chi connectivity index (χ1v) is 18.0. The van der Waals surface area contributed by atoms with Crippen molar-refractivity contribution in [1.82, 2.24) is 0 Å². The molecule has 0 saturated heterocycles. The maximum atomic E-state index is 11.8. The van der Waals surface area contributed by atoms with Crippen molar-refractivity contribution in [3.63, 3.8) is 0 Å². The monoisotopic (exact) mass is 592 g/mol. The van der Waals surface area contributed by atoms with Crippen LogP contribution in [0.15, 0.2) is 23.1 Å². The largest absolute Gasteiger partial charge is 0.744 e. The van der Waals surface area contributed by atoms with Gasteiger partial charge in [0.05, 0.1) is 53.9 Å². The van der Waals surface area contributed by atoms with Crippen LogP contribution in [0.1, 0.15) is 99.8 Å². The Balaban J connectivity index is 0.000000768. The lowest BCUT2D eigenvalue weighted by atomic mass is 10.1. The molecular formula is C28H49O9PS. The highest BCUT2D eigenvalue weighted by Gasteiger charge is 2.34. The lowest BCUT2D eigenvalue weighted by molar-refractivity contribution is 0.0389. The Morgan fingerprint density at radius 2 is 1.13 bits per heavy atom. The summed E-state index contributed by atoms with van der Waals surface area (Å²) in [5.74, 6) is -2.10. The Hall–Kier alpha value is -1.58. The second kappa shape index (κ2) is 21.2. The molecule has 0 aliphatic rings. The highest BCUT2D eigenvalue weighted by Crippen LogP contribution is 2.61. The van der Waals surface area contributed by atoms with E-state index in [0.717, 1.165) is 12.1 Å². The van der Waals surface area contributed by atoms with E-state index in [0.29, 0.717) is 6.07 Å². The van der Waals surface area contributed by atoms with Gasteiger partial charge in [-0.05, 0) is 43.9 Å². The number of ether oxygens (including phenoxy) is 2. The minimum atomic E-state index is -4.84. The van der Waals surface area contributed by atoms with Gasteiger partial charge in [0.25, 0.3) is 0 Å². The van der Waals surface area contributed by atoms with Crippen LogP contribution in [0.2, 0.25) is 0 Å². The molecule has 39 heavy (non-hydrogen) atoms. The van der Waals surface area contributed by atoms with Crippen LogP contribution in [-0.4, -0.2) is 86.2 Å². The van der Waals surface area contributed by atoms with Crippen molar-refractivity contribution in [2.24, 2.45) is 0 Å². The van der Waals surface area contributed by atoms with Crippen molar-refractivity contribution in [2.45, 2.75) is 84.0 Å². The molecule has 0 aromatic heterocycles. The van der Waals surface area contributed by atoms with E-state index >= 15 is 0 Å². The maximum absolute atomic E-state index is 11.8. The molecule has 1 aromatic rings. The van der Waals surface area contributed by atoms with Crippen LogP contribution in [0.4, 0.5) is 0 Å². The number of unbranched alkanes of at least 4 members (excludes halogenated alkanes) is 4. The van der Waals surface area contributed by atoms with E-state index in [1.54, 1.807) is 24.6 Å². The van der Waals surface area contributed by atoms with Crippen LogP contribution in [-0.2, 0) is 19.6 Å². The number of carbonyl (C=O) groups is 2. The number of carbonyl (C=O) groups excluding carboxylic acids is 2. The van der Waals surface area contributed by atoms with Gasteiger partial charge in [0.15, 0.2) is 0 Å². The van der Waals surface area contributed by atoms with Gasteiger partial charge in [0, 0.05) is 7.26 Å². The maximum Gasteiger partial charge on any atom is 0.339 e. The average Bonchev–Trinajstić information content (AvgIpc) is 2.93. The summed E-state index contributed by atoms with van der Waals surface area (Å²) >= 11 is 0. The van der Waals surface area contributed by atoms with E-state index < -0.39 is 53.0 Å². The van der Waals surface area contributed by atoms with E-state index in [2.05, 4.69) is 37.2 Å². The van der Waals surface area contributed by atoms with E-state index in [9.17, 15) is 22.6 Å². The summed E-state index contributed by atoms with van der Waals surface area (Å²) in [4.78, 5) is 22.8. The molecule has 1 rings (SSSR count). The van der Waals surface area contributed by atoms with Gasteiger partial charge in [0.2, 0.25) is 0 Å². The van der Waals surface area contributed by atoms with Gasteiger partial charge in [-0.1, -0.05) is 53.4 Å². The van der Waals surface area contributed by atoms with Crippen LogP contribution >= 0.6 is 7.26 Å². The van der Waals surface area contributed by atoms with Crippen molar-refractivity contribution in [1.29, 1.82) is 0 Å². The minimum Gasteiger partial charge on any atom is -0.744 e. The zero-order valence-corrected chi connectivity index (χ0v) is 25.9. The fourth-order valence-corrected chi connectivity index (χ4v) is 9.89. The molecule has 0 unspecified atom stereocenters. The zero-order chi connectivity index (χ0) is 29.7. The molecule has 0 fully saturated rings. The van der Waals surface area contributed by atoms with Gasteiger partial charge in [-0.3, -0.25) is 0 Å². The third kappa shape index (κ3) is 15.1. The number of rotatable bonds is 19. The van der Waals surface area contributed by atoms with Crippen molar-refractivity contribution in [3.8, 4) is 0 Å². The van der Waals surface area contributed by atoms with Crippen LogP contribution in [0, 0.1) is 0 Å². The molecule has 1 aromatic carbocycles. The summed E-state index contributed by atoms with van der Waals surface area (Å²) in [7, 11) is -5.40. The Morgan fingerprint density at radius 3 is 1.46 bits per heavy atom. The molecule has 0 aliphatic carbocycles. The third-order valence-electron chi connectivity index (χ3n) is 6.31. The summed E-state index contributed by atoms with van der Waals surface area (Å²) < 4.78 is 42.2. The van der Waals surface area contributed by atoms with Crippen molar-refractivity contribution in [3.05, 3.63) is 29.3 Å². The van der Waals surface area contributed by atoms with Gasteiger partial charge in [-0.15, -0.1) is 0 Å². The van der Waals surface area contributed by atoms with Gasteiger partial charge in [0.1, 0.15) is 23.3 Å². The number of aliphatic hydroxyl groups is 2. The Bertz CT molecular complexity index is 897. The van der Waals surface area contributed by atoms with Crippen LogP contribution < -0.4 is 0 Å². The van der Waals surface area contributed by atoms with Crippen LogP contribution in [0.5, 0.6) is 0 Å². The van der Waals surface area contributed by atoms with Gasteiger partial charge in [-0.2, -0.15) is 0 Å². The highest BCUT2D eigenvalue weighted by molar-refractivity contribution is 7.85. The van der Waals surface area contributed by atoms with Gasteiger partial charge in [-0.25, -0.2) is 18.0 Å². The molecule has 0 saturated carbocycles. The molecule has 0 spiro atoms. The van der Waals surface area contributed by atoms with Crippen molar-refractivity contribution in [2.75, 3.05) is 51.1 Å². The molecule has 0 bridgehead atoms. The SMILES string of the molecule is CCCC[P+](CCCC)(CCCC)CCCC.O=C(OCCO)c1ccc(S(=O)(=O)[O-])cc1C(=O)OCCO. The zero-order valence-electron chi connectivity index (χ0n) is 24.2. The van der Waals surface area contributed by atoms with Gasteiger partial charge >= 0.3 is 11.9 Å². The molecule has 11 heteroatoms. The summed E-state index contributed by atoms with van der Waals surface area (Å²) in [6.07, 6.45) is 17.9. The number of esters is 2. The second-order valence-electron chi connectivity index (χ2n) is 9.53. The third-order valence-corrected chi connectivity index (χ3v) is 12.2. The second-order valence-corrected chi connectivity index (χ2v) is 15.4. The first kappa shape index (κ1) is 37.4. The fraction of sp³-hybridized carbons (Fsp3) is 0.714. The summed E-state index contributed by atoms with van der Waals surface area (Å²) in [5.41, 5.74) is -0.822. The summed E-state index contributed by atoms with van der Waals surface area (Å²) in [6, 6.07) is 2.47. The fourth-order valence-electron chi connectivity index (χ4n) is 4.10. The molecule has 0 heterocycles. The molecule has 0 atom stereocenters. The Kier molecular flexibility index (Phi) is 20.3. The predicted octanol–water partition coefficient (Wildman–Crippen LogP) is 5.09. The Morgan fingerprint density at radius 1 is 0.744 bits per heavy atom. The van der Waals surface area contributed by atoms with E-state index in [4.69, 9.17) is 10.2 Å². The van der Waals surface area contributed by atoms with E-state index in [1.807, 2.05) is 0 Å². The minimum absolute atomic E-state index is 0.328.